The van der Waals surface area contributed by atoms with Crippen molar-refractivity contribution in [3.05, 3.63) is 60.2 Å². The Morgan fingerprint density at radius 2 is 2.03 bits per heavy atom. The van der Waals surface area contributed by atoms with Crippen LogP contribution in [0.5, 0.6) is 0 Å². The second kappa shape index (κ2) is 6.79. The highest BCUT2D eigenvalue weighted by molar-refractivity contribution is 5.93. The first-order valence-electron chi connectivity index (χ1n) is 10.2. The van der Waals surface area contributed by atoms with Crippen LogP contribution in [0.4, 0.5) is 15.9 Å². The van der Waals surface area contributed by atoms with Gasteiger partial charge in [-0.05, 0) is 73.9 Å². The standard InChI is InChI=1S/C23H24FN5/c1-3-28(18-6-4-5-16(13-18)9-10-23(2)11-12-23)21-19-14-17(24)7-8-20(19)29-15-25-27-22(29)26-21/h4-8,13-15H,3,9-12H2,1-2H3. The number of aromatic nitrogens is 4. The first-order chi connectivity index (χ1) is 14.1. The number of hydrogen-bond acceptors (Lipinski definition) is 4. The van der Waals surface area contributed by atoms with E-state index in [1.807, 2.05) is 0 Å². The minimum atomic E-state index is -0.282. The van der Waals surface area contributed by atoms with Gasteiger partial charge in [0.25, 0.3) is 5.78 Å². The van der Waals surface area contributed by atoms with Crippen molar-refractivity contribution in [1.29, 1.82) is 0 Å². The van der Waals surface area contributed by atoms with Crippen LogP contribution in [0.15, 0.2) is 48.8 Å². The molecule has 2 aromatic carbocycles. The van der Waals surface area contributed by atoms with Gasteiger partial charge in [0.2, 0.25) is 0 Å². The van der Waals surface area contributed by atoms with E-state index in [-0.39, 0.29) is 5.82 Å². The molecule has 1 aliphatic rings. The van der Waals surface area contributed by atoms with E-state index in [0.29, 0.717) is 23.6 Å². The maximum atomic E-state index is 14.1. The van der Waals surface area contributed by atoms with Crippen molar-refractivity contribution in [2.24, 2.45) is 5.41 Å². The summed E-state index contributed by atoms with van der Waals surface area (Å²) < 4.78 is 15.9. The van der Waals surface area contributed by atoms with Crippen LogP contribution in [0.3, 0.4) is 0 Å². The van der Waals surface area contributed by atoms with Crippen LogP contribution in [-0.4, -0.2) is 26.1 Å². The number of anilines is 2. The SMILES string of the molecule is CCN(c1cccc(CCC2(C)CC2)c1)c1nc2nncn2c2ccc(F)cc12. The second-order valence-corrected chi connectivity index (χ2v) is 8.32. The molecule has 0 atom stereocenters. The zero-order valence-corrected chi connectivity index (χ0v) is 16.8. The van der Waals surface area contributed by atoms with E-state index in [9.17, 15) is 4.39 Å². The fourth-order valence-electron chi connectivity index (χ4n) is 3.98. The van der Waals surface area contributed by atoms with Crippen molar-refractivity contribution >= 4 is 28.2 Å². The third kappa shape index (κ3) is 3.33. The molecule has 1 fully saturated rings. The molecular formula is C23H24FN5. The third-order valence-corrected chi connectivity index (χ3v) is 6.11. The number of halogens is 1. The van der Waals surface area contributed by atoms with Crippen LogP contribution in [-0.2, 0) is 6.42 Å². The maximum absolute atomic E-state index is 14.1. The molecule has 0 unspecified atom stereocenters. The Hall–Kier alpha value is -3.02. The van der Waals surface area contributed by atoms with Gasteiger partial charge in [0.15, 0.2) is 0 Å². The van der Waals surface area contributed by atoms with E-state index in [0.717, 1.165) is 23.0 Å². The number of fused-ring (bicyclic) bond motifs is 3. The lowest BCUT2D eigenvalue weighted by Crippen LogP contribution is -2.19. The van der Waals surface area contributed by atoms with Crippen molar-refractivity contribution < 1.29 is 4.39 Å². The molecule has 29 heavy (non-hydrogen) atoms. The maximum Gasteiger partial charge on any atom is 0.257 e. The summed E-state index contributed by atoms with van der Waals surface area (Å²) in [7, 11) is 0. The van der Waals surface area contributed by atoms with Gasteiger partial charge in [-0.15, -0.1) is 10.2 Å². The van der Waals surface area contributed by atoms with Gasteiger partial charge in [-0.1, -0.05) is 19.1 Å². The van der Waals surface area contributed by atoms with Crippen molar-refractivity contribution in [3.63, 3.8) is 0 Å². The molecular weight excluding hydrogens is 365 g/mol. The normalized spacial score (nSPS) is 15.1. The molecule has 2 aromatic heterocycles. The molecule has 0 spiro atoms. The second-order valence-electron chi connectivity index (χ2n) is 8.32. The van der Waals surface area contributed by atoms with E-state index < -0.39 is 0 Å². The predicted molar refractivity (Wildman–Crippen MR) is 113 cm³/mol. The van der Waals surface area contributed by atoms with Gasteiger partial charge in [-0.2, -0.15) is 4.98 Å². The lowest BCUT2D eigenvalue weighted by Gasteiger charge is -2.24. The van der Waals surface area contributed by atoms with Crippen LogP contribution in [0.1, 0.15) is 38.7 Å². The van der Waals surface area contributed by atoms with Crippen LogP contribution < -0.4 is 4.90 Å². The summed E-state index contributed by atoms with van der Waals surface area (Å²) in [5.74, 6) is 0.930. The quantitative estimate of drug-likeness (QED) is 0.448. The molecule has 0 radical (unpaired) electrons. The first-order valence-corrected chi connectivity index (χ1v) is 10.2. The summed E-state index contributed by atoms with van der Waals surface area (Å²) in [4.78, 5) is 6.85. The van der Waals surface area contributed by atoms with E-state index in [1.165, 1.54) is 37.0 Å². The lowest BCUT2D eigenvalue weighted by atomic mass is 9.98. The van der Waals surface area contributed by atoms with Crippen molar-refractivity contribution in [3.8, 4) is 0 Å². The smallest absolute Gasteiger partial charge is 0.257 e. The molecule has 0 aliphatic heterocycles. The molecule has 5 nitrogen and oxygen atoms in total. The largest absolute Gasteiger partial charge is 0.326 e. The van der Waals surface area contributed by atoms with E-state index in [4.69, 9.17) is 4.98 Å². The number of nitrogens with zero attached hydrogens (tertiary/aromatic N) is 5. The molecule has 1 aliphatic carbocycles. The van der Waals surface area contributed by atoms with Crippen molar-refractivity contribution in [2.75, 3.05) is 11.4 Å². The Bertz CT molecular complexity index is 1190. The average Bonchev–Trinajstić information content (AvgIpc) is 3.27. The number of hydrogen-bond donors (Lipinski definition) is 0. The topological polar surface area (TPSA) is 46.3 Å². The summed E-state index contributed by atoms with van der Waals surface area (Å²) >= 11 is 0. The fraction of sp³-hybridized carbons (Fsp3) is 0.348. The van der Waals surface area contributed by atoms with Crippen LogP contribution >= 0.6 is 0 Å². The van der Waals surface area contributed by atoms with Crippen LogP contribution in [0.25, 0.3) is 16.7 Å². The van der Waals surface area contributed by atoms with E-state index in [1.54, 1.807) is 16.8 Å². The van der Waals surface area contributed by atoms with Crippen LogP contribution in [0, 0.1) is 11.2 Å². The third-order valence-electron chi connectivity index (χ3n) is 6.11. The average molecular weight is 389 g/mol. The predicted octanol–water partition coefficient (Wildman–Crippen LogP) is 5.31. The summed E-state index contributed by atoms with van der Waals surface area (Å²) in [6.45, 7) is 5.16. The molecule has 2 heterocycles. The van der Waals surface area contributed by atoms with Crippen molar-refractivity contribution in [1.82, 2.24) is 19.6 Å². The molecule has 1 saturated carbocycles. The van der Waals surface area contributed by atoms with E-state index >= 15 is 0 Å². The van der Waals surface area contributed by atoms with Crippen LogP contribution in [0.2, 0.25) is 0 Å². The molecule has 0 bridgehead atoms. The highest BCUT2D eigenvalue weighted by atomic mass is 19.1. The number of aryl methyl sites for hydroxylation is 1. The Labute approximate surface area is 169 Å². The Balaban J connectivity index is 1.59. The summed E-state index contributed by atoms with van der Waals surface area (Å²) in [5, 5.41) is 8.85. The number of benzene rings is 2. The van der Waals surface area contributed by atoms with Gasteiger partial charge >= 0.3 is 0 Å². The molecule has 0 N–H and O–H groups in total. The highest BCUT2D eigenvalue weighted by Gasteiger charge is 2.36. The summed E-state index contributed by atoms with van der Waals surface area (Å²) in [6.07, 6.45) is 6.59. The monoisotopic (exact) mass is 389 g/mol. The first kappa shape index (κ1) is 18.0. The van der Waals surface area contributed by atoms with Gasteiger partial charge < -0.3 is 4.90 Å². The fourth-order valence-corrected chi connectivity index (χ4v) is 3.98. The molecule has 0 amide bonds. The molecule has 5 rings (SSSR count). The van der Waals surface area contributed by atoms with Gasteiger partial charge in [0, 0.05) is 17.6 Å². The van der Waals surface area contributed by atoms with Gasteiger partial charge in [0.1, 0.15) is 18.0 Å². The van der Waals surface area contributed by atoms with E-state index in [2.05, 4.69) is 53.2 Å². The highest BCUT2D eigenvalue weighted by Crippen LogP contribution is 2.48. The lowest BCUT2D eigenvalue weighted by molar-refractivity contribution is 0.518. The molecule has 4 aromatic rings. The minimum absolute atomic E-state index is 0.282. The summed E-state index contributed by atoms with van der Waals surface area (Å²) in [5.41, 5.74) is 3.77. The zero-order valence-electron chi connectivity index (χ0n) is 16.8. The number of rotatable bonds is 6. The Morgan fingerprint density at radius 3 is 2.83 bits per heavy atom. The van der Waals surface area contributed by atoms with Gasteiger partial charge in [-0.25, -0.2) is 4.39 Å². The van der Waals surface area contributed by atoms with Gasteiger partial charge in [0.05, 0.1) is 5.52 Å². The Kier molecular flexibility index (Phi) is 4.23. The Morgan fingerprint density at radius 1 is 1.17 bits per heavy atom. The molecule has 148 valence electrons. The summed E-state index contributed by atoms with van der Waals surface area (Å²) in [6, 6.07) is 13.4. The van der Waals surface area contributed by atoms with Crippen molar-refractivity contribution in [2.45, 2.75) is 39.5 Å². The molecule has 6 heteroatoms. The van der Waals surface area contributed by atoms with Gasteiger partial charge in [-0.3, -0.25) is 4.40 Å². The zero-order chi connectivity index (χ0) is 20.0. The molecule has 0 saturated heterocycles. The minimum Gasteiger partial charge on any atom is -0.326 e.